The molecule has 1 aromatic rings. The Kier molecular flexibility index (Phi) is 4.37. The first-order valence-corrected chi connectivity index (χ1v) is 6.58. The quantitative estimate of drug-likeness (QED) is 0.864. The maximum atomic E-state index is 11.4. The third-order valence-electron chi connectivity index (χ3n) is 3.60. The Bertz CT molecular complexity index is 462. The van der Waals surface area contributed by atoms with Crippen molar-refractivity contribution in [1.29, 1.82) is 0 Å². The highest BCUT2D eigenvalue weighted by atomic mass is 16.5. The smallest absolute Gasteiger partial charge is 0.222 e. The lowest BCUT2D eigenvalue weighted by Gasteiger charge is -2.20. The summed E-state index contributed by atoms with van der Waals surface area (Å²) in [6.45, 7) is 3.45. The van der Waals surface area contributed by atoms with Gasteiger partial charge < -0.3 is 15.0 Å². The molecule has 1 atom stereocenters. The van der Waals surface area contributed by atoms with Crippen LogP contribution in [0.1, 0.15) is 24.1 Å². The summed E-state index contributed by atoms with van der Waals surface area (Å²) in [5, 5.41) is 3.37. The van der Waals surface area contributed by atoms with Gasteiger partial charge in [-0.1, -0.05) is 6.07 Å². The third-order valence-corrected chi connectivity index (χ3v) is 3.60. The minimum Gasteiger partial charge on any atom is -0.481 e. The summed E-state index contributed by atoms with van der Waals surface area (Å²) in [4.78, 5) is 17.6. The zero-order valence-corrected chi connectivity index (χ0v) is 11.8. The Labute approximate surface area is 114 Å². The van der Waals surface area contributed by atoms with E-state index in [9.17, 15) is 4.79 Å². The molecule has 0 aromatic carbocycles. The molecule has 1 saturated heterocycles. The summed E-state index contributed by atoms with van der Waals surface area (Å²) >= 11 is 0. The minimum absolute atomic E-state index is 0.237. The number of nitrogens with one attached hydrogen (secondary N) is 1. The SMILES string of the molecule is COc1nc(C)ccc1CNC[C@H]1CCC(=O)N1C. The summed E-state index contributed by atoms with van der Waals surface area (Å²) in [6, 6.07) is 4.31. The fourth-order valence-electron chi connectivity index (χ4n) is 2.35. The van der Waals surface area contributed by atoms with E-state index >= 15 is 0 Å². The number of likely N-dealkylation sites (N-methyl/N-ethyl adjacent to an activating group) is 1. The molecule has 0 aliphatic carbocycles. The van der Waals surface area contributed by atoms with Crippen molar-refractivity contribution in [2.75, 3.05) is 20.7 Å². The van der Waals surface area contributed by atoms with Gasteiger partial charge in [0.2, 0.25) is 11.8 Å². The van der Waals surface area contributed by atoms with Gasteiger partial charge in [-0.2, -0.15) is 0 Å². The zero-order chi connectivity index (χ0) is 13.8. The molecule has 0 spiro atoms. The number of carbonyl (C=O) groups excluding carboxylic acids is 1. The van der Waals surface area contributed by atoms with Gasteiger partial charge in [0.25, 0.3) is 0 Å². The van der Waals surface area contributed by atoms with Crippen LogP contribution in [-0.4, -0.2) is 42.5 Å². The highest BCUT2D eigenvalue weighted by molar-refractivity contribution is 5.78. The number of nitrogens with zero attached hydrogens (tertiary/aromatic N) is 2. The number of amides is 1. The standard InChI is InChI=1S/C14H21N3O2/c1-10-4-5-11(14(16-10)19-3)8-15-9-12-6-7-13(18)17(12)2/h4-5,12,15H,6-9H2,1-3H3/t12-/m1/s1. The van der Waals surface area contributed by atoms with Crippen LogP contribution in [0.15, 0.2) is 12.1 Å². The number of ether oxygens (including phenoxy) is 1. The number of hydrogen-bond acceptors (Lipinski definition) is 4. The molecule has 2 rings (SSSR count). The van der Waals surface area contributed by atoms with E-state index in [0.29, 0.717) is 24.9 Å². The van der Waals surface area contributed by atoms with Crippen molar-refractivity contribution in [3.63, 3.8) is 0 Å². The van der Waals surface area contributed by atoms with Crippen LogP contribution in [0.25, 0.3) is 0 Å². The van der Waals surface area contributed by atoms with E-state index in [1.807, 2.05) is 31.0 Å². The molecule has 19 heavy (non-hydrogen) atoms. The lowest BCUT2D eigenvalue weighted by Crippen LogP contribution is -2.37. The van der Waals surface area contributed by atoms with Crippen molar-refractivity contribution < 1.29 is 9.53 Å². The normalized spacial score (nSPS) is 19.0. The second-order valence-corrected chi connectivity index (χ2v) is 4.95. The molecule has 1 amide bonds. The predicted octanol–water partition coefficient (Wildman–Crippen LogP) is 1.11. The van der Waals surface area contributed by atoms with Crippen LogP contribution >= 0.6 is 0 Å². The van der Waals surface area contributed by atoms with Gasteiger partial charge in [0.15, 0.2) is 0 Å². The van der Waals surface area contributed by atoms with Crippen LogP contribution in [0.3, 0.4) is 0 Å². The zero-order valence-electron chi connectivity index (χ0n) is 11.8. The molecule has 1 aromatic heterocycles. The number of likely N-dealkylation sites (tertiary alicyclic amines) is 1. The van der Waals surface area contributed by atoms with Gasteiger partial charge in [-0.3, -0.25) is 4.79 Å². The number of aryl methyl sites for hydroxylation is 1. The molecule has 0 saturated carbocycles. The summed E-state index contributed by atoms with van der Waals surface area (Å²) in [7, 11) is 3.50. The molecule has 1 aliphatic rings. The van der Waals surface area contributed by atoms with Crippen molar-refractivity contribution in [2.45, 2.75) is 32.4 Å². The van der Waals surface area contributed by atoms with E-state index < -0.39 is 0 Å². The molecular weight excluding hydrogens is 242 g/mol. The van der Waals surface area contributed by atoms with Gasteiger partial charge >= 0.3 is 0 Å². The van der Waals surface area contributed by atoms with E-state index in [-0.39, 0.29) is 5.91 Å². The largest absolute Gasteiger partial charge is 0.481 e. The maximum Gasteiger partial charge on any atom is 0.222 e. The fraction of sp³-hybridized carbons (Fsp3) is 0.571. The first-order chi connectivity index (χ1) is 9.11. The van der Waals surface area contributed by atoms with Gasteiger partial charge in [-0.25, -0.2) is 4.98 Å². The average Bonchev–Trinajstić information content (AvgIpc) is 2.72. The summed E-state index contributed by atoms with van der Waals surface area (Å²) in [5.41, 5.74) is 1.99. The van der Waals surface area contributed by atoms with Gasteiger partial charge in [0.05, 0.1) is 7.11 Å². The number of methoxy groups -OCH3 is 1. The second-order valence-electron chi connectivity index (χ2n) is 4.95. The monoisotopic (exact) mass is 263 g/mol. The number of rotatable bonds is 5. The van der Waals surface area contributed by atoms with Crippen LogP contribution in [-0.2, 0) is 11.3 Å². The Hall–Kier alpha value is -1.62. The molecule has 2 heterocycles. The van der Waals surface area contributed by atoms with E-state index in [0.717, 1.165) is 24.2 Å². The summed E-state index contributed by atoms with van der Waals surface area (Å²) in [6.07, 6.45) is 1.60. The molecule has 104 valence electrons. The third kappa shape index (κ3) is 3.23. The topological polar surface area (TPSA) is 54.5 Å². The molecular formula is C14H21N3O2. The highest BCUT2D eigenvalue weighted by Gasteiger charge is 2.26. The fourth-order valence-corrected chi connectivity index (χ4v) is 2.35. The molecule has 5 heteroatoms. The highest BCUT2D eigenvalue weighted by Crippen LogP contribution is 2.17. The van der Waals surface area contributed by atoms with Crippen LogP contribution < -0.4 is 10.1 Å². The van der Waals surface area contributed by atoms with Crippen molar-refractivity contribution in [3.05, 3.63) is 23.4 Å². The number of aromatic nitrogens is 1. The number of pyridine rings is 1. The summed E-state index contributed by atoms with van der Waals surface area (Å²) in [5.74, 6) is 0.907. The van der Waals surface area contributed by atoms with Crippen molar-refractivity contribution in [2.24, 2.45) is 0 Å². The average molecular weight is 263 g/mol. The number of hydrogen-bond donors (Lipinski definition) is 1. The molecule has 1 aliphatic heterocycles. The first kappa shape index (κ1) is 13.8. The van der Waals surface area contributed by atoms with Gasteiger partial charge in [0.1, 0.15) is 0 Å². The van der Waals surface area contributed by atoms with Crippen molar-refractivity contribution in [3.8, 4) is 5.88 Å². The van der Waals surface area contributed by atoms with Gasteiger partial charge in [-0.15, -0.1) is 0 Å². The van der Waals surface area contributed by atoms with E-state index in [1.54, 1.807) is 7.11 Å². The van der Waals surface area contributed by atoms with E-state index in [2.05, 4.69) is 10.3 Å². The van der Waals surface area contributed by atoms with Crippen molar-refractivity contribution in [1.82, 2.24) is 15.2 Å². The molecule has 1 N–H and O–H groups in total. The minimum atomic E-state index is 0.237. The van der Waals surface area contributed by atoms with Gasteiger partial charge in [-0.05, 0) is 19.4 Å². The van der Waals surface area contributed by atoms with Crippen LogP contribution in [0.2, 0.25) is 0 Å². The van der Waals surface area contributed by atoms with E-state index in [4.69, 9.17) is 4.74 Å². The molecule has 1 fully saturated rings. The summed E-state index contributed by atoms with van der Waals surface area (Å²) < 4.78 is 5.27. The van der Waals surface area contributed by atoms with Crippen LogP contribution in [0.5, 0.6) is 5.88 Å². The lowest BCUT2D eigenvalue weighted by atomic mass is 10.2. The molecule has 0 radical (unpaired) electrons. The lowest BCUT2D eigenvalue weighted by molar-refractivity contribution is -0.127. The van der Waals surface area contributed by atoms with Crippen molar-refractivity contribution >= 4 is 5.91 Å². The molecule has 0 bridgehead atoms. The van der Waals surface area contributed by atoms with Crippen LogP contribution in [0.4, 0.5) is 0 Å². The van der Waals surface area contributed by atoms with Crippen LogP contribution in [0, 0.1) is 6.92 Å². The Morgan fingerprint density at radius 3 is 2.95 bits per heavy atom. The Morgan fingerprint density at radius 2 is 2.32 bits per heavy atom. The molecule has 0 unspecified atom stereocenters. The number of carbonyl (C=O) groups is 1. The first-order valence-electron chi connectivity index (χ1n) is 6.58. The van der Waals surface area contributed by atoms with Gasteiger partial charge in [0, 0.05) is 43.9 Å². The predicted molar refractivity (Wildman–Crippen MR) is 73.0 cm³/mol. The second kappa shape index (κ2) is 6.02. The molecule has 5 nitrogen and oxygen atoms in total. The Morgan fingerprint density at radius 1 is 1.53 bits per heavy atom. The maximum absolute atomic E-state index is 11.4. The van der Waals surface area contributed by atoms with E-state index in [1.165, 1.54) is 0 Å². The Balaban J connectivity index is 1.87.